The van der Waals surface area contributed by atoms with Crippen molar-refractivity contribution in [2.24, 2.45) is 11.8 Å². The highest BCUT2D eigenvalue weighted by atomic mass is 19.1. The molecule has 1 aliphatic rings. The lowest BCUT2D eigenvalue weighted by atomic mass is 9.87. The van der Waals surface area contributed by atoms with Gasteiger partial charge in [-0.15, -0.1) is 0 Å². The van der Waals surface area contributed by atoms with E-state index in [2.05, 4.69) is 5.32 Å². The van der Waals surface area contributed by atoms with Gasteiger partial charge in [0.15, 0.2) is 5.76 Å². The van der Waals surface area contributed by atoms with E-state index in [4.69, 9.17) is 9.15 Å². The molecule has 0 spiro atoms. The van der Waals surface area contributed by atoms with Crippen molar-refractivity contribution >= 4 is 11.8 Å². The lowest BCUT2D eigenvalue weighted by Gasteiger charge is -2.39. The molecule has 7 heteroatoms. The Morgan fingerprint density at radius 1 is 1.08 bits per heavy atom. The smallest absolute Gasteiger partial charge is 0.287 e. The van der Waals surface area contributed by atoms with Crippen LogP contribution in [0.2, 0.25) is 0 Å². The van der Waals surface area contributed by atoms with Crippen molar-refractivity contribution in [3.8, 4) is 5.75 Å². The van der Waals surface area contributed by atoms with E-state index in [9.17, 15) is 14.0 Å². The van der Waals surface area contributed by atoms with Crippen LogP contribution in [0.1, 0.15) is 66.7 Å². The lowest BCUT2D eigenvalue weighted by molar-refractivity contribution is -0.136. The molecule has 1 atom stereocenters. The Balaban J connectivity index is 1.55. The van der Waals surface area contributed by atoms with Gasteiger partial charge in [0, 0.05) is 19.0 Å². The molecule has 190 valence electrons. The molecule has 2 heterocycles. The summed E-state index contributed by atoms with van der Waals surface area (Å²) in [5.41, 5.74) is 2.95. The fourth-order valence-electron chi connectivity index (χ4n) is 4.37. The SMILES string of the molecule is CC(C)CNC(=O)c1ccc(COc2ccc3c(c2)[C@@H](c2ccc(F)cc2)N(C(=O)C(C)C)CC3)o1. The van der Waals surface area contributed by atoms with E-state index in [1.54, 1.807) is 24.3 Å². The van der Waals surface area contributed by atoms with Gasteiger partial charge in [0.25, 0.3) is 5.91 Å². The van der Waals surface area contributed by atoms with E-state index < -0.39 is 0 Å². The van der Waals surface area contributed by atoms with E-state index in [1.165, 1.54) is 12.1 Å². The van der Waals surface area contributed by atoms with Crippen molar-refractivity contribution in [3.63, 3.8) is 0 Å². The minimum Gasteiger partial charge on any atom is -0.486 e. The minimum atomic E-state index is -0.326. The molecular formula is C29H33FN2O4. The molecule has 6 nitrogen and oxygen atoms in total. The molecule has 2 aromatic carbocycles. The number of furan rings is 1. The minimum absolute atomic E-state index is 0.0557. The highest BCUT2D eigenvalue weighted by molar-refractivity contribution is 5.91. The number of benzene rings is 2. The van der Waals surface area contributed by atoms with E-state index in [0.29, 0.717) is 30.5 Å². The van der Waals surface area contributed by atoms with Crippen LogP contribution >= 0.6 is 0 Å². The summed E-state index contributed by atoms with van der Waals surface area (Å²) in [7, 11) is 0. The number of nitrogens with zero attached hydrogens (tertiary/aromatic N) is 1. The first-order valence-electron chi connectivity index (χ1n) is 12.4. The van der Waals surface area contributed by atoms with E-state index in [1.807, 2.05) is 50.8 Å². The third-order valence-electron chi connectivity index (χ3n) is 6.25. The van der Waals surface area contributed by atoms with E-state index in [-0.39, 0.29) is 42.0 Å². The van der Waals surface area contributed by atoms with Gasteiger partial charge in [-0.25, -0.2) is 4.39 Å². The van der Waals surface area contributed by atoms with Gasteiger partial charge in [0.1, 0.15) is 23.9 Å². The zero-order valence-corrected chi connectivity index (χ0v) is 21.2. The molecule has 1 aliphatic heterocycles. The molecule has 1 N–H and O–H groups in total. The van der Waals surface area contributed by atoms with Crippen molar-refractivity contribution in [3.05, 3.63) is 88.6 Å². The molecule has 0 saturated heterocycles. The molecule has 0 radical (unpaired) electrons. The zero-order valence-electron chi connectivity index (χ0n) is 21.2. The Bertz CT molecular complexity index is 1220. The summed E-state index contributed by atoms with van der Waals surface area (Å²) in [5.74, 6) is 1.10. The summed E-state index contributed by atoms with van der Waals surface area (Å²) >= 11 is 0. The van der Waals surface area contributed by atoms with Crippen LogP contribution < -0.4 is 10.1 Å². The maximum Gasteiger partial charge on any atom is 0.287 e. The molecule has 0 fully saturated rings. The molecule has 3 aromatic rings. The van der Waals surface area contributed by atoms with Crippen molar-refractivity contribution in [2.75, 3.05) is 13.1 Å². The number of ether oxygens (including phenoxy) is 1. The fraction of sp³-hybridized carbons (Fsp3) is 0.379. The lowest BCUT2D eigenvalue weighted by Crippen LogP contribution is -2.42. The second-order valence-electron chi connectivity index (χ2n) is 9.91. The highest BCUT2D eigenvalue weighted by Crippen LogP contribution is 2.38. The normalized spacial score (nSPS) is 15.2. The molecule has 0 unspecified atom stereocenters. The molecule has 4 rings (SSSR count). The van der Waals surface area contributed by atoms with Crippen molar-refractivity contribution in [1.82, 2.24) is 10.2 Å². The van der Waals surface area contributed by atoms with Crippen LogP contribution in [-0.4, -0.2) is 29.8 Å². The predicted octanol–water partition coefficient (Wildman–Crippen LogP) is 5.51. The summed E-state index contributed by atoms with van der Waals surface area (Å²) in [5, 5.41) is 2.84. The number of rotatable bonds is 8. The molecule has 0 saturated carbocycles. The monoisotopic (exact) mass is 492 g/mol. The van der Waals surface area contributed by atoms with Gasteiger partial charge < -0.3 is 19.4 Å². The van der Waals surface area contributed by atoms with Crippen LogP contribution in [0.15, 0.2) is 59.0 Å². The van der Waals surface area contributed by atoms with Gasteiger partial charge in [0.2, 0.25) is 5.91 Å². The van der Waals surface area contributed by atoms with Crippen LogP contribution in [0.3, 0.4) is 0 Å². The second kappa shape index (κ2) is 11.0. The number of nitrogens with one attached hydrogen (secondary N) is 1. The summed E-state index contributed by atoms with van der Waals surface area (Å²) in [4.78, 5) is 27.2. The Morgan fingerprint density at radius 3 is 2.53 bits per heavy atom. The highest BCUT2D eigenvalue weighted by Gasteiger charge is 2.33. The third kappa shape index (κ3) is 5.78. The molecule has 1 aromatic heterocycles. The maximum atomic E-state index is 13.7. The topological polar surface area (TPSA) is 71.8 Å². The Kier molecular flexibility index (Phi) is 7.77. The largest absolute Gasteiger partial charge is 0.486 e. The van der Waals surface area contributed by atoms with Gasteiger partial charge in [0.05, 0.1) is 6.04 Å². The first-order chi connectivity index (χ1) is 17.2. The zero-order chi connectivity index (χ0) is 25.8. The van der Waals surface area contributed by atoms with Crippen molar-refractivity contribution in [2.45, 2.75) is 46.8 Å². The predicted molar refractivity (Wildman–Crippen MR) is 135 cm³/mol. The number of amides is 2. The van der Waals surface area contributed by atoms with Gasteiger partial charge in [-0.2, -0.15) is 0 Å². The number of halogens is 1. The molecular weight excluding hydrogens is 459 g/mol. The number of fused-ring (bicyclic) bond motifs is 1. The van der Waals surface area contributed by atoms with Crippen LogP contribution in [0.4, 0.5) is 4.39 Å². The summed E-state index contributed by atoms with van der Waals surface area (Å²) < 4.78 is 25.3. The molecule has 0 aliphatic carbocycles. The number of hydrogen-bond acceptors (Lipinski definition) is 4. The van der Waals surface area contributed by atoms with Gasteiger partial charge in [-0.1, -0.05) is 45.9 Å². The molecule has 36 heavy (non-hydrogen) atoms. The average Bonchev–Trinajstić information content (AvgIpc) is 3.34. The number of hydrogen-bond donors (Lipinski definition) is 1. The first kappa shape index (κ1) is 25.5. The Morgan fingerprint density at radius 2 is 1.83 bits per heavy atom. The quantitative estimate of drug-likeness (QED) is 0.450. The Labute approximate surface area is 211 Å². The fourth-order valence-corrected chi connectivity index (χ4v) is 4.37. The van der Waals surface area contributed by atoms with Crippen LogP contribution in [0.25, 0.3) is 0 Å². The van der Waals surface area contributed by atoms with Gasteiger partial charge in [-0.3, -0.25) is 9.59 Å². The van der Waals surface area contributed by atoms with Gasteiger partial charge >= 0.3 is 0 Å². The Hall–Kier alpha value is -3.61. The van der Waals surface area contributed by atoms with Crippen LogP contribution in [0, 0.1) is 17.7 Å². The first-order valence-corrected chi connectivity index (χ1v) is 12.4. The number of carbonyl (C=O) groups excluding carboxylic acids is 2. The van der Waals surface area contributed by atoms with Crippen molar-refractivity contribution < 1.29 is 23.1 Å². The third-order valence-corrected chi connectivity index (χ3v) is 6.25. The summed E-state index contributed by atoms with van der Waals surface area (Å²) in [6.45, 7) is 9.16. The number of carbonyl (C=O) groups is 2. The second-order valence-corrected chi connectivity index (χ2v) is 9.91. The maximum absolute atomic E-state index is 13.7. The average molecular weight is 493 g/mol. The standard InChI is InChI=1S/C29H33FN2O4/c1-18(2)16-31-28(33)26-12-11-24(36-26)17-35-23-10-7-20-13-14-32(29(34)19(3)4)27(25(20)15-23)21-5-8-22(30)9-6-21/h5-12,15,18-19,27H,13-14,16-17H2,1-4H3,(H,31,33)/t27-/m1/s1. The van der Waals surface area contributed by atoms with Gasteiger partial charge in [-0.05, 0) is 65.4 Å². The van der Waals surface area contributed by atoms with Crippen LogP contribution in [0.5, 0.6) is 5.75 Å². The van der Waals surface area contributed by atoms with Crippen LogP contribution in [-0.2, 0) is 17.8 Å². The molecule has 2 amide bonds. The van der Waals surface area contributed by atoms with E-state index >= 15 is 0 Å². The van der Waals surface area contributed by atoms with Crippen molar-refractivity contribution in [1.29, 1.82) is 0 Å². The van der Waals surface area contributed by atoms with E-state index in [0.717, 1.165) is 23.1 Å². The summed E-state index contributed by atoms with van der Waals surface area (Å²) in [6.07, 6.45) is 0.735. The molecule has 0 bridgehead atoms. The summed E-state index contributed by atoms with van der Waals surface area (Å²) in [6, 6.07) is 15.2.